The normalized spacial score (nSPS) is 17.6. The minimum absolute atomic E-state index is 0.111. The van der Waals surface area contributed by atoms with Crippen molar-refractivity contribution in [1.82, 2.24) is 4.31 Å². The van der Waals surface area contributed by atoms with Gasteiger partial charge in [0.2, 0.25) is 10.0 Å². The number of nitro groups is 1. The van der Waals surface area contributed by atoms with Gasteiger partial charge in [0.05, 0.1) is 11.0 Å². The molecular formula is C12H13FN2O5S. The fraction of sp³-hybridized carbons (Fsp3) is 0.417. The molecule has 21 heavy (non-hydrogen) atoms. The molecule has 0 saturated carbocycles. The van der Waals surface area contributed by atoms with Gasteiger partial charge in [-0.3, -0.25) is 10.1 Å². The third-order valence-corrected chi connectivity index (χ3v) is 5.37. The Bertz CT molecular complexity index is 668. The number of piperidine rings is 1. The molecule has 0 radical (unpaired) electrons. The van der Waals surface area contributed by atoms with Crippen LogP contribution in [0.4, 0.5) is 10.1 Å². The maximum atomic E-state index is 13.1. The summed E-state index contributed by atoms with van der Waals surface area (Å²) < 4.78 is 39.0. The zero-order valence-corrected chi connectivity index (χ0v) is 11.8. The second-order valence-electron chi connectivity index (χ2n) is 4.75. The van der Waals surface area contributed by atoms with Gasteiger partial charge in [0.1, 0.15) is 12.1 Å². The van der Waals surface area contributed by atoms with E-state index in [2.05, 4.69) is 0 Å². The lowest BCUT2D eigenvalue weighted by molar-refractivity contribution is -0.388. The molecule has 0 amide bonds. The summed E-state index contributed by atoms with van der Waals surface area (Å²) in [6, 6.07) is 2.36. The van der Waals surface area contributed by atoms with E-state index in [4.69, 9.17) is 0 Å². The van der Waals surface area contributed by atoms with Crippen molar-refractivity contribution in [2.24, 2.45) is 5.92 Å². The Morgan fingerprint density at radius 1 is 1.33 bits per heavy atom. The molecular weight excluding hydrogens is 303 g/mol. The Morgan fingerprint density at radius 2 is 1.95 bits per heavy atom. The summed E-state index contributed by atoms with van der Waals surface area (Å²) >= 11 is 0. The van der Waals surface area contributed by atoms with Crippen molar-refractivity contribution in [3.05, 3.63) is 34.1 Å². The van der Waals surface area contributed by atoms with Crippen LogP contribution in [0.15, 0.2) is 23.1 Å². The Morgan fingerprint density at radius 3 is 2.48 bits per heavy atom. The summed E-state index contributed by atoms with van der Waals surface area (Å²) in [4.78, 5) is 20.1. The van der Waals surface area contributed by atoms with Crippen LogP contribution in [0.1, 0.15) is 12.8 Å². The topological polar surface area (TPSA) is 97.6 Å². The smallest absolute Gasteiger partial charge is 0.292 e. The maximum Gasteiger partial charge on any atom is 0.292 e. The van der Waals surface area contributed by atoms with Gasteiger partial charge in [-0.05, 0) is 25.0 Å². The fourth-order valence-electron chi connectivity index (χ4n) is 2.24. The lowest BCUT2D eigenvalue weighted by Crippen LogP contribution is -2.39. The van der Waals surface area contributed by atoms with E-state index in [9.17, 15) is 27.7 Å². The molecule has 1 fully saturated rings. The number of carbonyl (C=O) groups is 1. The van der Waals surface area contributed by atoms with Crippen LogP contribution in [0.3, 0.4) is 0 Å². The number of carbonyl (C=O) groups excluding carboxylic acids is 1. The molecule has 0 N–H and O–H groups in total. The van der Waals surface area contributed by atoms with Gasteiger partial charge in [0.15, 0.2) is 4.90 Å². The first-order chi connectivity index (χ1) is 9.86. The molecule has 0 aliphatic carbocycles. The van der Waals surface area contributed by atoms with Gasteiger partial charge in [0.25, 0.3) is 5.69 Å². The molecule has 0 bridgehead atoms. The Labute approximate surface area is 120 Å². The minimum Gasteiger partial charge on any atom is -0.303 e. The predicted molar refractivity (Wildman–Crippen MR) is 70.6 cm³/mol. The number of sulfonamides is 1. The van der Waals surface area contributed by atoms with E-state index in [1.807, 2.05) is 0 Å². The molecule has 1 aromatic rings. The van der Waals surface area contributed by atoms with Crippen LogP contribution >= 0.6 is 0 Å². The molecule has 0 spiro atoms. The quantitative estimate of drug-likeness (QED) is 0.474. The van der Waals surface area contributed by atoms with Crippen LogP contribution < -0.4 is 0 Å². The van der Waals surface area contributed by atoms with E-state index in [1.165, 1.54) is 0 Å². The van der Waals surface area contributed by atoms with Crippen LogP contribution in [-0.2, 0) is 14.8 Å². The highest BCUT2D eigenvalue weighted by molar-refractivity contribution is 7.89. The number of hydrogen-bond donors (Lipinski definition) is 0. The van der Waals surface area contributed by atoms with Gasteiger partial charge >= 0.3 is 0 Å². The first-order valence-electron chi connectivity index (χ1n) is 6.25. The number of benzene rings is 1. The molecule has 0 aromatic heterocycles. The lowest BCUT2D eigenvalue weighted by atomic mass is 10.0. The monoisotopic (exact) mass is 316 g/mol. The van der Waals surface area contributed by atoms with Crippen molar-refractivity contribution < 1.29 is 22.5 Å². The van der Waals surface area contributed by atoms with E-state index >= 15 is 0 Å². The zero-order chi connectivity index (χ0) is 15.6. The number of nitrogens with zero attached hydrogens (tertiary/aromatic N) is 2. The van der Waals surface area contributed by atoms with Gasteiger partial charge in [-0.25, -0.2) is 12.8 Å². The Kier molecular flexibility index (Phi) is 4.33. The van der Waals surface area contributed by atoms with E-state index in [0.717, 1.165) is 22.7 Å². The largest absolute Gasteiger partial charge is 0.303 e. The third kappa shape index (κ3) is 3.08. The highest BCUT2D eigenvalue weighted by Gasteiger charge is 2.34. The summed E-state index contributed by atoms with van der Waals surface area (Å²) in [5, 5.41) is 10.9. The van der Waals surface area contributed by atoms with E-state index in [1.54, 1.807) is 0 Å². The van der Waals surface area contributed by atoms with Crippen molar-refractivity contribution in [1.29, 1.82) is 0 Å². The molecule has 9 heteroatoms. The molecule has 1 aromatic carbocycles. The molecule has 2 rings (SSSR count). The number of rotatable bonds is 4. The lowest BCUT2D eigenvalue weighted by Gasteiger charge is -2.28. The van der Waals surface area contributed by atoms with Crippen molar-refractivity contribution in [2.45, 2.75) is 17.7 Å². The van der Waals surface area contributed by atoms with Crippen LogP contribution in [-0.4, -0.2) is 37.0 Å². The van der Waals surface area contributed by atoms with Gasteiger partial charge in [0, 0.05) is 19.0 Å². The second-order valence-corrected chi connectivity index (χ2v) is 6.65. The summed E-state index contributed by atoms with van der Waals surface area (Å²) in [5.74, 6) is -1.07. The number of aldehydes is 1. The van der Waals surface area contributed by atoms with Gasteiger partial charge in [-0.1, -0.05) is 0 Å². The van der Waals surface area contributed by atoms with Crippen molar-refractivity contribution in [2.75, 3.05) is 13.1 Å². The van der Waals surface area contributed by atoms with Crippen LogP contribution in [0.2, 0.25) is 0 Å². The molecule has 7 nitrogen and oxygen atoms in total. The van der Waals surface area contributed by atoms with E-state index < -0.39 is 31.3 Å². The van der Waals surface area contributed by atoms with Crippen molar-refractivity contribution >= 4 is 22.0 Å². The number of halogens is 1. The van der Waals surface area contributed by atoms with Crippen LogP contribution in [0.25, 0.3) is 0 Å². The van der Waals surface area contributed by atoms with Gasteiger partial charge in [-0.2, -0.15) is 4.31 Å². The van der Waals surface area contributed by atoms with Gasteiger partial charge < -0.3 is 4.79 Å². The summed E-state index contributed by atoms with van der Waals surface area (Å²) in [7, 11) is -4.08. The summed E-state index contributed by atoms with van der Waals surface area (Å²) in [6.45, 7) is 0.223. The molecule has 1 heterocycles. The zero-order valence-electron chi connectivity index (χ0n) is 10.9. The molecule has 114 valence electrons. The maximum absolute atomic E-state index is 13.1. The molecule has 1 saturated heterocycles. The summed E-state index contributed by atoms with van der Waals surface area (Å²) in [5.41, 5.74) is -0.785. The number of hydrogen-bond acceptors (Lipinski definition) is 5. The van der Waals surface area contributed by atoms with E-state index in [-0.39, 0.29) is 19.0 Å². The predicted octanol–water partition coefficient (Wildman–Crippen LogP) is 1.33. The van der Waals surface area contributed by atoms with Crippen LogP contribution in [0, 0.1) is 21.8 Å². The van der Waals surface area contributed by atoms with Crippen molar-refractivity contribution in [3.8, 4) is 0 Å². The molecule has 0 unspecified atom stereocenters. The van der Waals surface area contributed by atoms with Crippen molar-refractivity contribution in [3.63, 3.8) is 0 Å². The SMILES string of the molecule is O=CC1CCN(S(=O)(=O)c2ccc(F)cc2[N+](=O)[O-])CC1. The Hall–Kier alpha value is -1.87. The third-order valence-electron chi connectivity index (χ3n) is 3.43. The molecule has 1 aliphatic heterocycles. The average molecular weight is 316 g/mol. The second kappa shape index (κ2) is 5.86. The highest BCUT2D eigenvalue weighted by atomic mass is 32.2. The average Bonchev–Trinajstić information content (AvgIpc) is 2.47. The van der Waals surface area contributed by atoms with Crippen LogP contribution in [0.5, 0.6) is 0 Å². The highest BCUT2D eigenvalue weighted by Crippen LogP contribution is 2.29. The minimum atomic E-state index is -4.08. The Balaban J connectivity index is 2.36. The summed E-state index contributed by atoms with van der Waals surface area (Å²) in [6.07, 6.45) is 1.53. The number of nitro benzene ring substituents is 1. The standard InChI is InChI=1S/C12H13FN2O5S/c13-10-1-2-12(11(7-10)15(17)18)21(19,20)14-5-3-9(8-16)4-6-14/h1-2,7-9H,3-6H2. The molecule has 1 aliphatic rings. The van der Waals surface area contributed by atoms with E-state index in [0.29, 0.717) is 18.9 Å². The molecule has 0 atom stereocenters. The van der Waals surface area contributed by atoms with Gasteiger partial charge in [-0.15, -0.1) is 0 Å². The first-order valence-corrected chi connectivity index (χ1v) is 7.69. The fourth-order valence-corrected chi connectivity index (χ4v) is 3.85. The first kappa shape index (κ1) is 15.5.